The van der Waals surface area contributed by atoms with Crippen molar-refractivity contribution in [3.63, 3.8) is 0 Å². The van der Waals surface area contributed by atoms with E-state index < -0.39 is 0 Å². The standard InChI is InChI=1S/C12H18BrNS/c1-12(2,3)11(14)8-15-10-7-5-4-6-9(10)13/h4-7,11H,8,14H2,1-3H3. The van der Waals surface area contributed by atoms with Crippen molar-refractivity contribution >= 4 is 27.7 Å². The minimum absolute atomic E-state index is 0.175. The molecule has 1 unspecified atom stereocenters. The molecular formula is C12H18BrNS. The number of hydrogen-bond acceptors (Lipinski definition) is 2. The highest BCUT2D eigenvalue weighted by molar-refractivity contribution is 9.10. The maximum Gasteiger partial charge on any atom is 0.0311 e. The van der Waals surface area contributed by atoms with Crippen molar-refractivity contribution in [1.29, 1.82) is 0 Å². The smallest absolute Gasteiger partial charge is 0.0311 e. The normalized spacial score (nSPS) is 13.9. The second-order valence-corrected chi connectivity index (χ2v) is 6.63. The summed E-state index contributed by atoms with van der Waals surface area (Å²) in [5.74, 6) is 0.951. The first-order valence-corrected chi connectivity index (χ1v) is 6.82. The SMILES string of the molecule is CC(C)(C)C(N)CSc1ccccc1Br. The van der Waals surface area contributed by atoms with Crippen molar-refractivity contribution in [2.24, 2.45) is 11.1 Å². The molecule has 84 valence electrons. The third kappa shape index (κ3) is 4.17. The first kappa shape index (κ1) is 13.1. The van der Waals surface area contributed by atoms with Crippen molar-refractivity contribution in [3.8, 4) is 0 Å². The van der Waals surface area contributed by atoms with Gasteiger partial charge in [0.1, 0.15) is 0 Å². The average Bonchev–Trinajstić information content (AvgIpc) is 2.14. The maximum atomic E-state index is 6.11. The monoisotopic (exact) mass is 287 g/mol. The molecule has 0 saturated carbocycles. The third-order valence-electron chi connectivity index (χ3n) is 2.37. The first-order valence-electron chi connectivity index (χ1n) is 5.04. The Morgan fingerprint density at radius 1 is 1.33 bits per heavy atom. The molecular weight excluding hydrogens is 270 g/mol. The molecule has 0 saturated heterocycles. The lowest BCUT2D eigenvalue weighted by atomic mass is 9.89. The molecule has 0 fully saturated rings. The predicted molar refractivity (Wildman–Crippen MR) is 72.3 cm³/mol. The molecule has 1 rings (SSSR count). The van der Waals surface area contributed by atoms with Crippen LogP contribution in [0.2, 0.25) is 0 Å². The maximum absolute atomic E-state index is 6.11. The van der Waals surface area contributed by atoms with Crippen LogP contribution in [0.25, 0.3) is 0 Å². The lowest BCUT2D eigenvalue weighted by molar-refractivity contribution is 0.344. The molecule has 0 heterocycles. The summed E-state index contributed by atoms with van der Waals surface area (Å²) < 4.78 is 1.15. The van der Waals surface area contributed by atoms with Crippen molar-refractivity contribution in [2.45, 2.75) is 31.7 Å². The second-order valence-electron chi connectivity index (χ2n) is 4.71. The lowest BCUT2D eigenvalue weighted by Gasteiger charge is -2.26. The molecule has 0 aliphatic rings. The van der Waals surface area contributed by atoms with Gasteiger partial charge in [-0.1, -0.05) is 32.9 Å². The molecule has 1 aromatic carbocycles. The summed E-state index contributed by atoms with van der Waals surface area (Å²) in [5.41, 5.74) is 6.29. The van der Waals surface area contributed by atoms with Crippen LogP contribution in [-0.4, -0.2) is 11.8 Å². The summed E-state index contributed by atoms with van der Waals surface area (Å²) in [5, 5.41) is 0. The number of nitrogens with two attached hydrogens (primary N) is 1. The quantitative estimate of drug-likeness (QED) is 0.853. The average molecular weight is 288 g/mol. The Morgan fingerprint density at radius 2 is 1.93 bits per heavy atom. The Balaban J connectivity index is 2.55. The molecule has 0 bridgehead atoms. The van der Waals surface area contributed by atoms with E-state index in [1.165, 1.54) is 4.90 Å². The molecule has 2 N–H and O–H groups in total. The summed E-state index contributed by atoms with van der Waals surface area (Å²) in [6.07, 6.45) is 0. The third-order valence-corrected chi connectivity index (χ3v) is 4.51. The fourth-order valence-electron chi connectivity index (χ4n) is 0.991. The van der Waals surface area contributed by atoms with Crippen LogP contribution >= 0.6 is 27.7 Å². The Morgan fingerprint density at radius 3 is 2.47 bits per heavy atom. The van der Waals surface area contributed by atoms with E-state index in [4.69, 9.17) is 5.73 Å². The number of rotatable bonds is 3. The fraction of sp³-hybridized carbons (Fsp3) is 0.500. The van der Waals surface area contributed by atoms with E-state index >= 15 is 0 Å². The second kappa shape index (κ2) is 5.37. The van der Waals surface area contributed by atoms with Gasteiger partial charge in [-0.15, -0.1) is 11.8 Å². The zero-order valence-corrected chi connectivity index (χ0v) is 11.9. The van der Waals surface area contributed by atoms with Crippen molar-refractivity contribution < 1.29 is 0 Å². The number of benzene rings is 1. The highest BCUT2D eigenvalue weighted by Gasteiger charge is 2.20. The van der Waals surface area contributed by atoms with Gasteiger partial charge in [0.05, 0.1) is 0 Å². The van der Waals surface area contributed by atoms with E-state index in [1.54, 1.807) is 0 Å². The van der Waals surface area contributed by atoms with E-state index in [2.05, 4.69) is 54.9 Å². The number of halogens is 1. The van der Waals surface area contributed by atoms with Gasteiger partial charge in [0.25, 0.3) is 0 Å². The van der Waals surface area contributed by atoms with E-state index in [-0.39, 0.29) is 11.5 Å². The van der Waals surface area contributed by atoms with Gasteiger partial charge in [0.2, 0.25) is 0 Å². The van der Waals surface area contributed by atoms with Crippen molar-refractivity contribution in [1.82, 2.24) is 0 Å². The van der Waals surface area contributed by atoms with Gasteiger partial charge in [0, 0.05) is 21.2 Å². The van der Waals surface area contributed by atoms with E-state index in [9.17, 15) is 0 Å². The van der Waals surface area contributed by atoms with Crippen LogP contribution in [0.3, 0.4) is 0 Å². The van der Waals surface area contributed by atoms with Crippen LogP contribution in [0, 0.1) is 5.41 Å². The molecule has 0 spiro atoms. The Labute approximate surface area is 105 Å². The summed E-state index contributed by atoms with van der Waals surface area (Å²) in [6.45, 7) is 6.54. The molecule has 0 amide bonds. The number of thioether (sulfide) groups is 1. The summed E-state index contributed by atoms with van der Waals surface area (Å²) in [4.78, 5) is 1.26. The Hall–Kier alpha value is 0.01000. The summed E-state index contributed by atoms with van der Waals surface area (Å²) >= 11 is 5.35. The zero-order valence-electron chi connectivity index (χ0n) is 9.46. The van der Waals surface area contributed by atoms with E-state index in [0.717, 1.165) is 10.2 Å². The molecule has 0 aliphatic carbocycles. The van der Waals surface area contributed by atoms with Crippen LogP contribution in [-0.2, 0) is 0 Å². The molecule has 3 heteroatoms. The minimum atomic E-state index is 0.175. The van der Waals surface area contributed by atoms with Crippen LogP contribution < -0.4 is 5.73 Å². The van der Waals surface area contributed by atoms with Crippen LogP contribution in [0.5, 0.6) is 0 Å². The van der Waals surface area contributed by atoms with Gasteiger partial charge in [-0.25, -0.2) is 0 Å². The summed E-state index contributed by atoms with van der Waals surface area (Å²) in [7, 11) is 0. The summed E-state index contributed by atoms with van der Waals surface area (Å²) in [6, 6.07) is 8.47. The van der Waals surface area contributed by atoms with E-state index in [1.807, 2.05) is 17.8 Å². The van der Waals surface area contributed by atoms with Gasteiger partial charge in [-0.3, -0.25) is 0 Å². The van der Waals surface area contributed by atoms with Gasteiger partial charge in [-0.05, 0) is 33.5 Å². The molecule has 1 atom stereocenters. The highest BCUT2D eigenvalue weighted by atomic mass is 79.9. The largest absolute Gasteiger partial charge is 0.326 e. The number of hydrogen-bond donors (Lipinski definition) is 1. The van der Waals surface area contributed by atoms with Crippen molar-refractivity contribution in [3.05, 3.63) is 28.7 Å². The van der Waals surface area contributed by atoms with Gasteiger partial charge >= 0.3 is 0 Å². The topological polar surface area (TPSA) is 26.0 Å². The molecule has 0 aliphatic heterocycles. The van der Waals surface area contributed by atoms with Crippen LogP contribution in [0.4, 0.5) is 0 Å². The highest BCUT2D eigenvalue weighted by Crippen LogP contribution is 2.30. The van der Waals surface area contributed by atoms with E-state index in [0.29, 0.717) is 0 Å². The van der Waals surface area contributed by atoms with Crippen LogP contribution in [0.1, 0.15) is 20.8 Å². The lowest BCUT2D eigenvalue weighted by Crippen LogP contribution is -2.37. The van der Waals surface area contributed by atoms with Crippen LogP contribution in [0.15, 0.2) is 33.6 Å². The van der Waals surface area contributed by atoms with Gasteiger partial charge in [-0.2, -0.15) is 0 Å². The molecule has 15 heavy (non-hydrogen) atoms. The minimum Gasteiger partial charge on any atom is -0.326 e. The fourth-order valence-corrected chi connectivity index (χ4v) is 2.86. The first-order chi connectivity index (χ1) is 6.91. The Kier molecular flexibility index (Phi) is 4.68. The van der Waals surface area contributed by atoms with Gasteiger partial charge in [0.15, 0.2) is 0 Å². The molecule has 0 radical (unpaired) electrons. The predicted octanol–water partition coefficient (Wildman–Crippen LogP) is 3.91. The molecule has 1 nitrogen and oxygen atoms in total. The zero-order chi connectivity index (χ0) is 11.5. The Bertz CT molecular complexity index is 320. The molecule has 0 aromatic heterocycles. The molecule has 1 aromatic rings. The van der Waals surface area contributed by atoms with Crippen molar-refractivity contribution in [2.75, 3.05) is 5.75 Å². The van der Waals surface area contributed by atoms with Gasteiger partial charge < -0.3 is 5.73 Å².